The number of hydrogen-bond donors (Lipinski definition) is 0. The topological polar surface area (TPSA) is 74.3 Å². The number of alkyl halides is 3. The van der Waals surface area contributed by atoms with Gasteiger partial charge in [0.15, 0.2) is 5.82 Å². The summed E-state index contributed by atoms with van der Waals surface area (Å²) in [6, 6.07) is 4.83. The monoisotopic (exact) mass is 329 g/mol. The van der Waals surface area contributed by atoms with Crippen LogP contribution in [0.4, 0.5) is 13.2 Å². The first kappa shape index (κ1) is 14.4. The maximum Gasteiger partial charge on any atom is 0.453 e. The van der Waals surface area contributed by atoms with Gasteiger partial charge >= 0.3 is 6.18 Å². The van der Waals surface area contributed by atoms with Crippen molar-refractivity contribution in [2.75, 3.05) is 0 Å². The Bertz CT molecular complexity index is 795. The molecule has 11 heteroatoms. The number of tetrazole rings is 1. The second kappa shape index (κ2) is 5.37. The fourth-order valence-electron chi connectivity index (χ4n) is 1.78. The summed E-state index contributed by atoms with van der Waals surface area (Å²) in [5.41, 5.74) is 0.333. The zero-order valence-electron chi connectivity index (χ0n) is 10.7. The molecule has 0 aromatic carbocycles. The van der Waals surface area contributed by atoms with Crippen molar-refractivity contribution in [3.8, 4) is 5.82 Å². The minimum atomic E-state index is -4.63. The summed E-state index contributed by atoms with van der Waals surface area (Å²) in [5.74, 6) is -0.805. The summed E-state index contributed by atoms with van der Waals surface area (Å²) in [7, 11) is 0. The van der Waals surface area contributed by atoms with Gasteiger partial charge in [-0.05, 0) is 28.6 Å². The maximum atomic E-state index is 12.7. The highest BCUT2D eigenvalue weighted by Gasteiger charge is 2.38. The third-order valence-electron chi connectivity index (χ3n) is 2.70. The molecular weight excluding hydrogens is 323 g/mol. The summed E-state index contributed by atoms with van der Waals surface area (Å²) in [6.45, 7) is -0.223. The van der Waals surface area contributed by atoms with Gasteiger partial charge in [0.1, 0.15) is 0 Å². The molecule has 0 unspecified atom stereocenters. The average Bonchev–Trinajstić information content (AvgIpc) is 3.08. The number of aromatic nitrogens is 7. The van der Waals surface area contributed by atoms with Crippen LogP contribution in [0.5, 0.6) is 0 Å². The van der Waals surface area contributed by atoms with E-state index >= 15 is 0 Å². The molecule has 0 saturated carbocycles. The van der Waals surface area contributed by atoms with E-state index in [2.05, 4.69) is 25.6 Å². The molecule has 3 rings (SSSR count). The highest BCUT2D eigenvalue weighted by molar-refractivity contribution is 6.32. The zero-order chi connectivity index (χ0) is 15.7. The molecule has 7 nitrogen and oxygen atoms in total. The highest BCUT2D eigenvalue weighted by Crippen LogP contribution is 2.26. The number of pyridine rings is 1. The third-order valence-corrected chi connectivity index (χ3v) is 2.99. The number of hydrogen-bond acceptors (Lipinski definition) is 5. The van der Waals surface area contributed by atoms with Crippen LogP contribution in [-0.2, 0) is 12.7 Å². The Morgan fingerprint density at radius 2 is 2.05 bits per heavy atom. The lowest BCUT2D eigenvalue weighted by Gasteiger charge is -2.05. The zero-order valence-corrected chi connectivity index (χ0v) is 11.5. The van der Waals surface area contributed by atoms with Crippen LogP contribution in [0.25, 0.3) is 5.82 Å². The Hall–Kier alpha value is -2.49. The Balaban J connectivity index is 1.87. The van der Waals surface area contributed by atoms with E-state index in [1.165, 1.54) is 16.9 Å². The molecule has 3 aromatic rings. The molecule has 0 fully saturated rings. The molecule has 22 heavy (non-hydrogen) atoms. The number of rotatable bonds is 3. The molecule has 3 aromatic heterocycles. The van der Waals surface area contributed by atoms with Crippen molar-refractivity contribution in [2.45, 2.75) is 12.7 Å². The van der Waals surface area contributed by atoms with Crippen LogP contribution < -0.4 is 0 Å². The highest BCUT2D eigenvalue weighted by atomic mass is 35.5. The number of halogens is 4. The fourth-order valence-corrected chi connectivity index (χ4v) is 1.99. The molecule has 0 bridgehead atoms. The van der Waals surface area contributed by atoms with Crippen molar-refractivity contribution < 1.29 is 13.2 Å². The van der Waals surface area contributed by atoms with Crippen LogP contribution in [-0.4, -0.2) is 35.0 Å². The van der Waals surface area contributed by atoms with Crippen LogP contribution in [0.1, 0.15) is 11.5 Å². The maximum absolute atomic E-state index is 12.7. The van der Waals surface area contributed by atoms with E-state index in [0.717, 1.165) is 0 Å². The molecule has 0 atom stereocenters. The van der Waals surface area contributed by atoms with Crippen LogP contribution in [0.3, 0.4) is 0 Å². The number of nitrogens with zero attached hydrogens (tertiary/aromatic N) is 7. The molecule has 0 spiro atoms. The quantitative estimate of drug-likeness (QED) is 0.734. The molecule has 0 amide bonds. The lowest BCUT2D eigenvalue weighted by atomic mass is 10.4. The SMILES string of the molecule is FC(F)(F)c1nnnn1Cc1ccn(-c2ncccc2Cl)n1. The predicted octanol–water partition coefficient (Wildman–Crippen LogP) is 1.97. The van der Waals surface area contributed by atoms with Crippen molar-refractivity contribution in [2.24, 2.45) is 0 Å². The van der Waals surface area contributed by atoms with E-state index in [9.17, 15) is 13.2 Å². The average molecular weight is 330 g/mol. The predicted molar refractivity (Wildman–Crippen MR) is 68.3 cm³/mol. The molecule has 0 N–H and O–H groups in total. The van der Waals surface area contributed by atoms with Crippen molar-refractivity contribution in [1.82, 2.24) is 35.0 Å². The van der Waals surface area contributed by atoms with Crippen LogP contribution in [0, 0.1) is 0 Å². The van der Waals surface area contributed by atoms with Crippen LogP contribution in [0.2, 0.25) is 5.02 Å². The normalized spacial score (nSPS) is 11.8. The lowest BCUT2D eigenvalue weighted by molar-refractivity contribution is -0.147. The first-order valence-electron chi connectivity index (χ1n) is 5.94. The van der Waals surface area contributed by atoms with Crippen LogP contribution in [0.15, 0.2) is 30.6 Å². The molecule has 0 aliphatic heterocycles. The van der Waals surface area contributed by atoms with E-state index in [1.54, 1.807) is 18.3 Å². The third kappa shape index (κ3) is 2.77. The van der Waals surface area contributed by atoms with Gasteiger partial charge in [-0.15, -0.1) is 5.10 Å². The summed E-state index contributed by atoms with van der Waals surface area (Å²) in [4.78, 5) is 4.06. The van der Waals surface area contributed by atoms with Gasteiger partial charge < -0.3 is 0 Å². The molecular formula is C11H7ClF3N7. The largest absolute Gasteiger partial charge is 0.453 e. The molecule has 0 aliphatic rings. The van der Waals surface area contributed by atoms with Gasteiger partial charge in [0.25, 0.3) is 5.82 Å². The molecule has 3 heterocycles. The Labute approximate surface area is 126 Å². The summed E-state index contributed by atoms with van der Waals surface area (Å²) < 4.78 is 40.1. The summed E-state index contributed by atoms with van der Waals surface area (Å²) >= 11 is 5.99. The summed E-state index contributed by atoms with van der Waals surface area (Å²) in [6.07, 6.45) is -1.55. The van der Waals surface area contributed by atoms with E-state index in [-0.39, 0.29) is 6.54 Å². The Morgan fingerprint density at radius 3 is 2.77 bits per heavy atom. The Morgan fingerprint density at radius 1 is 1.23 bits per heavy atom. The smallest absolute Gasteiger partial charge is 0.236 e. The molecule has 0 saturated heterocycles. The molecule has 0 aliphatic carbocycles. The first-order chi connectivity index (χ1) is 10.4. The summed E-state index contributed by atoms with van der Waals surface area (Å²) in [5, 5.41) is 13.8. The van der Waals surface area contributed by atoms with Gasteiger partial charge in [-0.3, -0.25) is 0 Å². The van der Waals surface area contributed by atoms with Gasteiger partial charge in [0.05, 0.1) is 17.3 Å². The fraction of sp³-hybridized carbons (Fsp3) is 0.182. The van der Waals surface area contributed by atoms with Gasteiger partial charge in [-0.1, -0.05) is 11.6 Å². The van der Waals surface area contributed by atoms with Gasteiger partial charge in [0, 0.05) is 12.4 Å². The van der Waals surface area contributed by atoms with Gasteiger partial charge in [0.2, 0.25) is 0 Å². The van der Waals surface area contributed by atoms with Gasteiger partial charge in [-0.25, -0.2) is 14.3 Å². The minimum Gasteiger partial charge on any atom is -0.236 e. The van der Waals surface area contributed by atoms with Crippen molar-refractivity contribution in [3.63, 3.8) is 0 Å². The Kier molecular flexibility index (Phi) is 3.53. The minimum absolute atomic E-state index is 0.223. The molecule has 0 radical (unpaired) electrons. The second-order valence-corrected chi connectivity index (χ2v) is 4.63. The second-order valence-electron chi connectivity index (χ2n) is 4.22. The van der Waals surface area contributed by atoms with Gasteiger partial charge in [-0.2, -0.15) is 18.3 Å². The van der Waals surface area contributed by atoms with E-state index in [0.29, 0.717) is 21.2 Å². The molecule has 114 valence electrons. The van der Waals surface area contributed by atoms with E-state index in [1.807, 2.05) is 0 Å². The van der Waals surface area contributed by atoms with Crippen molar-refractivity contribution in [3.05, 3.63) is 47.1 Å². The van der Waals surface area contributed by atoms with Crippen molar-refractivity contribution >= 4 is 11.6 Å². The van der Waals surface area contributed by atoms with E-state index in [4.69, 9.17) is 11.6 Å². The van der Waals surface area contributed by atoms with Crippen LogP contribution >= 0.6 is 11.6 Å². The first-order valence-corrected chi connectivity index (χ1v) is 6.32. The standard InChI is InChI=1S/C11H7ClF3N7/c12-8-2-1-4-16-9(8)21-5-3-7(18-21)6-22-10(11(13,14)15)17-19-20-22/h1-5H,6H2. The van der Waals surface area contributed by atoms with E-state index < -0.39 is 12.0 Å². The van der Waals surface area contributed by atoms with Crippen molar-refractivity contribution in [1.29, 1.82) is 0 Å². The lowest BCUT2D eigenvalue weighted by Crippen LogP contribution is -2.17.